The number of carboxylic acids is 1. The van der Waals surface area contributed by atoms with Crippen molar-refractivity contribution >= 4 is 11.9 Å². The van der Waals surface area contributed by atoms with Gasteiger partial charge in [-0.05, 0) is 6.92 Å². The van der Waals surface area contributed by atoms with Crippen LogP contribution in [-0.4, -0.2) is 23.7 Å². The predicted molar refractivity (Wildman–Crippen MR) is 45.8 cm³/mol. The summed E-state index contributed by atoms with van der Waals surface area (Å²) in [7, 11) is 0. The molecule has 0 saturated heterocycles. The van der Waals surface area contributed by atoms with Crippen LogP contribution in [0.4, 0.5) is 0 Å². The average Bonchev–Trinajstić information content (AvgIpc) is 2.02. The first-order valence-electron chi connectivity index (χ1n) is 3.93. The van der Waals surface area contributed by atoms with Crippen molar-refractivity contribution in [3.8, 4) is 12.3 Å². The molecule has 13 heavy (non-hydrogen) atoms. The molecule has 0 aliphatic rings. The molecule has 4 nitrogen and oxygen atoms in total. The Morgan fingerprint density at radius 3 is 2.54 bits per heavy atom. The zero-order chi connectivity index (χ0) is 10.3. The first-order valence-corrected chi connectivity index (χ1v) is 3.93. The van der Waals surface area contributed by atoms with Crippen molar-refractivity contribution in [3.05, 3.63) is 0 Å². The summed E-state index contributed by atoms with van der Waals surface area (Å²) in [5, 5.41) is 8.41. The maximum Gasteiger partial charge on any atom is 0.307 e. The number of esters is 1. The van der Waals surface area contributed by atoms with Crippen molar-refractivity contribution in [1.29, 1.82) is 0 Å². The van der Waals surface area contributed by atoms with E-state index in [1.54, 1.807) is 6.92 Å². The maximum atomic E-state index is 10.9. The van der Waals surface area contributed by atoms with Crippen molar-refractivity contribution in [3.63, 3.8) is 0 Å². The summed E-state index contributed by atoms with van der Waals surface area (Å²) in [6, 6.07) is 0. The Labute approximate surface area is 76.9 Å². The summed E-state index contributed by atoms with van der Waals surface area (Å²) < 4.78 is 4.63. The minimum absolute atomic E-state index is 0.0311. The van der Waals surface area contributed by atoms with Crippen LogP contribution in [0.25, 0.3) is 0 Å². The van der Waals surface area contributed by atoms with E-state index in [1.165, 1.54) is 0 Å². The number of ether oxygens (including phenoxy) is 1. The third-order valence-electron chi connectivity index (χ3n) is 1.38. The van der Waals surface area contributed by atoms with Crippen molar-refractivity contribution in [2.75, 3.05) is 6.61 Å². The Hall–Kier alpha value is -1.50. The van der Waals surface area contributed by atoms with Crippen molar-refractivity contribution in [2.45, 2.75) is 19.8 Å². The molecule has 0 fully saturated rings. The first kappa shape index (κ1) is 11.5. The zero-order valence-electron chi connectivity index (χ0n) is 7.45. The minimum Gasteiger partial charge on any atom is -0.481 e. The van der Waals surface area contributed by atoms with Gasteiger partial charge in [0.1, 0.15) is 0 Å². The van der Waals surface area contributed by atoms with Crippen LogP contribution in [0.3, 0.4) is 0 Å². The van der Waals surface area contributed by atoms with E-state index in [1.807, 2.05) is 0 Å². The van der Waals surface area contributed by atoms with Crippen molar-refractivity contribution in [1.82, 2.24) is 0 Å². The highest BCUT2D eigenvalue weighted by atomic mass is 16.5. The molecule has 1 atom stereocenters. The van der Waals surface area contributed by atoms with Gasteiger partial charge in [0, 0.05) is 5.92 Å². The van der Waals surface area contributed by atoms with Gasteiger partial charge in [-0.15, -0.1) is 12.3 Å². The van der Waals surface area contributed by atoms with Crippen LogP contribution in [0.2, 0.25) is 0 Å². The fourth-order valence-electron chi connectivity index (χ4n) is 0.822. The van der Waals surface area contributed by atoms with Gasteiger partial charge in [0.2, 0.25) is 0 Å². The van der Waals surface area contributed by atoms with E-state index >= 15 is 0 Å². The second-order valence-electron chi connectivity index (χ2n) is 2.47. The fraction of sp³-hybridized carbons (Fsp3) is 0.556. The van der Waals surface area contributed by atoms with Crippen LogP contribution >= 0.6 is 0 Å². The van der Waals surface area contributed by atoms with Crippen molar-refractivity contribution < 1.29 is 19.4 Å². The largest absolute Gasteiger partial charge is 0.481 e. The standard InChI is InChI=1S/C9H12O4/c1-3-7(5-8(10)11)6-9(12)13-4-2/h1,7H,4-6H2,2H3,(H,10,11)/t7-/m1/s1. The summed E-state index contributed by atoms with van der Waals surface area (Å²) in [6.45, 7) is 1.96. The first-order chi connectivity index (χ1) is 6.10. The Bertz CT molecular complexity index is 226. The molecular weight excluding hydrogens is 172 g/mol. The van der Waals surface area contributed by atoms with E-state index in [9.17, 15) is 9.59 Å². The molecule has 0 saturated carbocycles. The number of terminal acetylenes is 1. The number of carboxylic acid groups (broad SMARTS) is 1. The number of hydrogen-bond donors (Lipinski definition) is 1. The Morgan fingerprint density at radius 2 is 2.15 bits per heavy atom. The lowest BCUT2D eigenvalue weighted by molar-refractivity contribution is -0.144. The molecule has 0 unspecified atom stereocenters. The van der Waals surface area contributed by atoms with Crippen molar-refractivity contribution in [2.24, 2.45) is 5.92 Å². The van der Waals surface area contributed by atoms with E-state index in [-0.39, 0.29) is 19.4 Å². The molecule has 0 aromatic carbocycles. The highest BCUT2D eigenvalue weighted by Crippen LogP contribution is 2.08. The van der Waals surface area contributed by atoms with Crippen LogP contribution in [0.1, 0.15) is 19.8 Å². The number of aliphatic carboxylic acids is 1. The van der Waals surface area contributed by atoms with E-state index in [0.29, 0.717) is 0 Å². The smallest absolute Gasteiger partial charge is 0.307 e. The summed E-state index contributed by atoms with van der Waals surface area (Å²) in [6.07, 6.45) is 4.81. The zero-order valence-corrected chi connectivity index (χ0v) is 7.45. The molecule has 0 bridgehead atoms. The monoisotopic (exact) mass is 184 g/mol. The van der Waals surface area contributed by atoms with E-state index < -0.39 is 17.9 Å². The number of rotatable bonds is 5. The van der Waals surface area contributed by atoms with Crippen LogP contribution in [0, 0.1) is 18.3 Å². The molecule has 0 spiro atoms. The molecule has 1 N–H and O–H groups in total. The van der Waals surface area contributed by atoms with Gasteiger partial charge in [-0.25, -0.2) is 0 Å². The third kappa shape index (κ3) is 5.74. The molecule has 0 radical (unpaired) electrons. The number of carbonyl (C=O) groups excluding carboxylic acids is 1. The van der Waals surface area contributed by atoms with Gasteiger partial charge >= 0.3 is 11.9 Å². The molecule has 0 aromatic heterocycles. The van der Waals surface area contributed by atoms with Gasteiger partial charge in [-0.3, -0.25) is 9.59 Å². The van der Waals surface area contributed by atoms with Gasteiger partial charge in [0.25, 0.3) is 0 Å². The van der Waals surface area contributed by atoms with Crippen LogP contribution in [0.5, 0.6) is 0 Å². The maximum absolute atomic E-state index is 10.9. The lowest BCUT2D eigenvalue weighted by Crippen LogP contribution is -2.13. The van der Waals surface area contributed by atoms with Gasteiger partial charge in [-0.2, -0.15) is 0 Å². The van der Waals surface area contributed by atoms with E-state index in [4.69, 9.17) is 11.5 Å². The highest BCUT2D eigenvalue weighted by molar-refractivity contribution is 5.72. The topological polar surface area (TPSA) is 63.6 Å². The molecule has 0 amide bonds. The molecular formula is C9H12O4. The van der Waals surface area contributed by atoms with Gasteiger partial charge < -0.3 is 9.84 Å². The molecule has 72 valence electrons. The predicted octanol–water partition coefficient (Wildman–Crippen LogP) is 0.664. The van der Waals surface area contributed by atoms with Gasteiger partial charge in [0.05, 0.1) is 19.4 Å². The molecule has 0 heterocycles. The molecule has 0 aliphatic carbocycles. The molecule has 4 heteroatoms. The van der Waals surface area contributed by atoms with Crippen LogP contribution in [0.15, 0.2) is 0 Å². The second kappa shape index (κ2) is 6.06. The normalized spacial score (nSPS) is 11.4. The van der Waals surface area contributed by atoms with Crippen LogP contribution < -0.4 is 0 Å². The van der Waals surface area contributed by atoms with E-state index in [2.05, 4.69) is 10.7 Å². The van der Waals surface area contributed by atoms with E-state index in [0.717, 1.165) is 0 Å². The quantitative estimate of drug-likeness (QED) is 0.503. The summed E-state index contributed by atoms with van der Waals surface area (Å²) in [4.78, 5) is 21.1. The Kier molecular flexibility index (Phi) is 5.37. The summed E-state index contributed by atoms with van der Waals surface area (Å²) in [5.41, 5.74) is 0. The summed E-state index contributed by atoms with van der Waals surface area (Å²) in [5.74, 6) is 0.209. The van der Waals surface area contributed by atoms with Gasteiger partial charge in [0.15, 0.2) is 0 Å². The lowest BCUT2D eigenvalue weighted by atomic mass is 10.0. The van der Waals surface area contributed by atoms with Crippen LogP contribution in [-0.2, 0) is 14.3 Å². The fourth-order valence-corrected chi connectivity index (χ4v) is 0.822. The Balaban J connectivity index is 3.92. The third-order valence-corrected chi connectivity index (χ3v) is 1.38. The minimum atomic E-state index is -1.01. The SMILES string of the molecule is C#C[C@H](CC(=O)O)CC(=O)OCC. The highest BCUT2D eigenvalue weighted by Gasteiger charge is 2.15. The second-order valence-corrected chi connectivity index (χ2v) is 2.47. The number of carbonyl (C=O) groups is 2. The average molecular weight is 184 g/mol. The lowest BCUT2D eigenvalue weighted by Gasteiger charge is -2.06. The molecule has 0 aromatic rings. The number of hydrogen-bond acceptors (Lipinski definition) is 3. The molecule has 0 rings (SSSR count). The van der Waals surface area contributed by atoms with Gasteiger partial charge in [-0.1, -0.05) is 0 Å². The summed E-state index contributed by atoms with van der Waals surface area (Å²) >= 11 is 0. The molecule has 0 aliphatic heterocycles. The Morgan fingerprint density at radius 1 is 1.54 bits per heavy atom.